The highest BCUT2D eigenvalue weighted by Crippen LogP contribution is 2.20. The van der Waals surface area contributed by atoms with Crippen LogP contribution in [0.5, 0.6) is 0 Å². The Labute approximate surface area is 138 Å². The monoisotopic (exact) mass is 323 g/mol. The summed E-state index contributed by atoms with van der Waals surface area (Å²) in [5.41, 5.74) is 1.20. The van der Waals surface area contributed by atoms with Gasteiger partial charge in [0.05, 0.1) is 6.04 Å². The molecule has 1 aromatic rings. The fourth-order valence-corrected chi connectivity index (χ4v) is 3.10. The maximum absolute atomic E-state index is 12.4. The van der Waals surface area contributed by atoms with Gasteiger partial charge >= 0.3 is 0 Å². The van der Waals surface area contributed by atoms with Gasteiger partial charge < -0.3 is 9.80 Å². The van der Waals surface area contributed by atoms with Crippen molar-refractivity contribution >= 4 is 23.2 Å². The Morgan fingerprint density at radius 1 is 1.14 bits per heavy atom. The van der Waals surface area contributed by atoms with Crippen molar-refractivity contribution in [3.05, 3.63) is 29.3 Å². The van der Waals surface area contributed by atoms with E-state index in [1.54, 1.807) is 0 Å². The van der Waals surface area contributed by atoms with Gasteiger partial charge in [-0.3, -0.25) is 9.69 Å². The molecule has 122 valence electrons. The van der Waals surface area contributed by atoms with Crippen LogP contribution in [0.4, 0.5) is 5.69 Å². The molecule has 1 amide bonds. The number of hydrogen-bond donors (Lipinski definition) is 0. The highest BCUT2D eigenvalue weighted by molar-refractivity contribution is 6.30. The molecule has 4 nitrogen and oxygen atoms in total. The number of nitrogens with zero attached hydrogens (tertiary/aromatic N) is 3. The maximum Gasteiger partial charge on any atom is 0.239 e. The molecule has 5 heteroatoms. The van der Waals surface area contributed by atoms with Crippen LogP contribution in [-0.2, 0) is 4.79 Å². The molecule has 2 rings (SSSR count). The van der Waals surface area contributed by atoms with E-state index in [0.29, 0.717) is 0 Å². The molecular formula is C17H26ClN3O. The van der Waals surface area contributed by atoms with Gasteiger partial charge in [0.25, 0.3) is 0 Å². The molecule has 0 bridgehead atoms. The van der Waals surface area contributed by atoms with E-state index in [-0.39, 0.29) is 11.9 Å². The van der Waals surface area contributed by atoms with E-state index in [1.807, 2.05) is 37.8 Å². The van der Waals surface area contributed by atoms with Crippen LogP contribution in [0.1, 0.15) is 20.8 Å². The molecule has 1 heterocycles. The fourth-order valence-electron chi connectivity index (χ4n) is 2.98. The number of amides is 1. The number of carbonyl (C=O) groups is 1. The molecular weight excluding hydrogens is 298 g/mol. The summed E-state index contributed by atoms with van der Waals surface area (Å²) in [5.74, 6) is 0.241. The quantitative estimate of drug-likeness (QED) is 0.833. The first kappa shape index (κ1) is 17.1. The van der Waals surface area contributed by atoms with E-state index >= 15 is 0 Å². The Balaban J connectivity index is 1.91. The maximum atomic E-state index is 12.4. The van der Waals surface area contributed by atoms with Gasteiger partial charge in [-0.15, -0.1) is 0 Å². The number of carbonyl (C=O) groups excluding carboxylic acids is 1. The van der Waals surface area contributed by atoms with Crippen molar-refractivity contribution < 1.29 is 4.79 Å². The lowest BCUT2D eigenvalue weighted by molar-refractivity contribution is -0.136. The third kappa shape index (κ3) is 3.93. The van der Waals surface area contributed by atoms with Gasteiger partial charge in [0.2, 0.25) is 5.91 Å². The summed E-state index contributed by atoms with van der Waals surface area (Å²) < 4.78 is 0. The molecule has 0 spiro atoms. The number of benzene rings is 1. The van der Waals surface area contributed by atoms with Crippen molar-refractivity contribution in [2.45, 2.75) is 26.8 Å². The summed E-state index contributed by atoms with van der Waals surface area (Å²) in [4.78, 5) is 19.0. The van der Waals surface area contributed by atoms with E-state index in [4.69, 9.17) is 11.6 Å². The summed E-state index contributed by atoms with van der Waals surface area (Å²) in [6.45, 7) is 11.4. The Bertz CT molecular complexity index is 479. The van der Waals surface area contributed by atoms with Crippen LogP contribution in [0, 0.1) is 0 Å². The Hall–Kier alpha value is -1.26. The van der Waals surface area contributed by atoms with Crippen LogP contribution in [0.25, 0.3) is 0 Å². The van der Waals surface area contributed by atoms with Crippen LogP contribution < -0.4 is 4.90 Å². The molecule has 1 aliphatic heterocycles. The van der Waals surface area contributed by atoms with Crippen molar-refractivity contribution in [3.63, 3.8) is 0 Å². The summed E-state index contributed by atoms with van der Waals surface area (Å²) >= 11 is 5.94. The average molecular weight is 324 g/mol. The van der Waals surface area contributed by atoms with E-state index in [9.17, 15) is 4.79 Å². The van der Waals surface area contributed by atoms with Crippen LogP contribution in [-0.4, -0.2) is 61.0 Å². The molecule has 0 N–H and O–H groups in total. The lowest BCUT2D eigenvalue weighted by Crippen LogP contribution is -2.54. The molecule has 22 heavy (non-hydrogen) atoms. The predicted octanol–water partition coefficient (Wildman–Crippen LogP) is 2.72. The average Bonchev–Trinajstić information content (AvgIpc) is 2.56. The summed E-state index contributed by atoms with van der Waals surface area (Å²) in [6, 6.07) is 7.93. The Kier molecular flexibility index (Phi) is 6.09. The Morgan fingerprint density at radius 3 is 2.18 bits per heavy atom. The molecule has 0 aromatic heterocycles. The lowest BCUT2D eigenvalue weighted by atomic mass is 10.2. The minimum Gasteiger partial charge on any atom is -0.369 e. The SMILES string of the molecule is CCN(CC)C(=O)[C@@H](C)N1CCN(c2ccc(Cl)cc2)CC1. The van der Waals surface area contributed by atoms with Crippen molar-refractivity contribution in [3.8, 4) is 0 Å². The number of anilines is 1. The first-order valence-electron chi connectivity index (χ1n) is 8.10. The number of likely N-dealkylation sites (N-methyl/N-ethyl adjacent to an activating group) is 1. The van der Waals surface area contributed by atoms with E-state index in [0.717, 1.165) is 44.3 Å². The van der Waals surface area contributed by atoms with E-state index in [1.165, 1.54) is 5.69 Å². The number of rotatable bonds is 5. The molecule has 1 aromatic carbocycles. The highest BCUT2D eigenvalue weighted by Gasteiger charge is 2.27. The second-order valence-electron chi connectivity index (χ2n) is 5.69. The standard InChI is InChI=1S/C17H26ClN3O/c1-4-19(5-2)17(22)14(3)20-10-12-21(13-11-20)16-8-6-15(18)7-9-16/h6-9,14H,4-5,10-13H2,1-3H3/t14-/m1/s1. The third-order valence-corrected chi connectivity index (χ3v) is 4.74. The number of piperazine rings is 1. The van der Waals surface area contributed by atoms with Crippen LogP contribution >= 0.6 is 11.6 Å². The first-order valence-corrected chi connectivity index (χ1v) is 8.48. The van der Waals surface area contributed by atoms with Crippen molar-refractivity contribution in [2.75, 3.05) is 44.2 Å². The second kappa shape index (κ2) is 7.84. The highest BCUT2D eigenvalue weighted by atomic mass is 35.5. The fraction of sp³-hybridized carbons (Fsp3) is 0.588. The zero-order valence-electron chi connectivity index (χ0n) is 13.8. The van der Waals surface area contributed by atoms with Crippen LogP contribution in [0.3, 0.4) is 0 Å². The topological polar surface area (TPSA) is 26.8 Å². The van der Waals surface area contributed by atoms with Gasteiger partial charge in [0.1, 0.15) is 0 Å². The van der Waals surface area contributed by atoms with Gasteiger partial charge in [-0.1, -0.05) is 11.6 Å². The largest absolute Gasteiger partial charge is 0.369 e. The molecule has 1 aliphatic rings. The molecule has 0 saturated carbocycles. The molecule has 0 unspecified atom stereocenters. The minimum absolute atomic E-state index is 0.0349. The van der Waals surface area contributed by atoms with Crippen molar-refractivity contribution in [2.24, 2.45) is 0 Å². The third-order valence-electron chi connectivity index (χ3n) is 4.49. The van der Waals surface area contributed by atoms with Crippen molar-refractivity contribution in [1.29, 1.82) is 0 Å². The second-order valence-corrected chi connectivity index (χ2v) is 6.12. The normalized spacial score (nSPS) is 17.4. The molecule has 0 aliphatic carbocycles. The van der Waals surface area contributed by atoms with Gasteiger partial charge in [-0.2, -0.15) is 0 Å². The van der Waals surface area contributed by atoms with Gasteiger partial charge in [-0.05, 0) is 45.0 Å². The molecule has 1 fully saturated rings. The Morgan fingerprint density at radius 2 is 1.68 bits per heavy atom. The van der Waals surface area contributed by atoms with Crippen molar-refractivity contribution in [1.82, 2.24) is 9.80 Å². The lowest BCUT2D eigenvalue weighted by Gasteiger charge is -2.39. The van der Waals surface area contributed by atoms with E-state index in [2.05, 4.69) is 21.9 Å². The summed E-state index contributed by atoms with van der Waals surface area (Å²) in [7, 11) is 0. The first-order chi connectivity index (χ1) is 10.6. The number of hydrogen-bond acceptors (Lipinski definition) is 3. The van der Waals surface area contributed by atoms with Crippen LogP contribution in [0.15, 0.2) is 24.3 Å². The smallest absolute Gasteiger partial charge is 0.239 e. The molecule has 1 atom stereocenters. The van der Waals surface area contributed by atoms with Crippen LogP contribution in [0.2, 0.25) is 5.02 Å². The van der Waals surface area contributed by atoms with Gasteiger partial charge in [0.15, 0.2) is 0 Å². The molecule has 1 saturated heterocycles. The summed E-state index contributed by atoms with van der Waals surface area (Å²) in [5, 5.41) is 0.765. The molecule has 0 radical (unpaired) electrons. The van der Waals surface area contributed by atoms with Gasteiger partial charge in [-0.25, -0.2) is 0 Å². The minimum atomic E-state index is -0.0349. The number of halogens is 1. The van der Waals surface area contributed by atoms with Gasteiger partial charge in [0, 0.05) is 50.0 Å². The van der Waals surface area contributed by atoms with E-state index < -0.39 is 0 Å². The zero-order valence-corrected chi connectivity index (χ0v) is 14.5. The zero-order chi connectivity index (χ0) is 16.1. The predicted molar refractivity (Wildman–Crippen MR) is 92.6 cm³/mol. The summed E-state index contributed by atoms with van der Waals surface area (Å²) in [6.07, 6.45) is 0.